The van der Waals surface area contributed by atoms with Crippen LogP contribution < -0.4 is 10.9 Å². The predicted octanol–water partition coefficient (Wildman–Crippen LogP) is 4.57. The lowest BCUT2D eigenvalue weighted by Crippen LogP contribution is -2.27. The van der Waals surface area contributed by atoms with E-state index in [0.717, 1.165) is 16.7 Å². The number of carbonyl (C=O) groups excluding carboxylic acids is 1. The Hall–Kier alpha value is -3.16. The molecule has 0 bridgehead atoms. The van der Waals surface area contributed by atoms with E-state index >= 15 is 0 Å². The van der Waals surface area contributed by atoms with Crippen molar-refractivity contribution in [3.63, 3.8) is 0 Å². The van der Waals surface area contributed by atoms with Crippen molar-refractivity contribution >= 4 is 39.2 Å². The van der Waals surface area contributed by atoms with E-state index in [0.29, 0.717) is 28.5 Å². The first-order chi connectivity index (χ1) is 15.2. The molecule has 0 unspecified atom stereocenters. The van der Waals surface area contributed by atoms with Gasteiger partial charge in [-0.1, -0.05) is 78.5 Å². The molecular weight excluding hydrogens is 426 g/mol. The fraction of sp³-hybridized carbons (Fsp3) is 0.125. The van der Waals surface area contributed by atoms with Crippen molar-refractivity contribution in [1.82, 2.24) is 14.9 Å². The molecule has 0 aliphatic rings. The molecule has 2 aromatic carbocycles. The van der Waals surface area contributed by atoms with Crippen molar-refractivity contribution < 1.29 is 4.79 Å². The Morgan fingerprint density at radius 1 is 1.13 bits per heavy atom. The number of amides is 1. The van der Waals surface area contributed by atoms with Crippen LogP contribution in [0.25, 0.3) is 21.3 Å². The van der Waals surface area contributed by atoms with E-state index in [1.165, 1.54) is 23.1 Å². The summed E-state index contributed by atoms with van der Waals surface area (Å²) in [6.45, 7) is 4.41. The van der Waals surface area contributed by atoms with E-state index in [1.807, 2.05) is 66.0 Å². The Kier molecular flexibility index (Phi) is 6.64. The number of thioether (sulfide) groups is 1. The van der Waals surface area contributed by atoms with Gasteiger partial charge in [-0.15, -0.1) is 17.9 Å². The highest BCUT2D eigenvalue weighted by molar-refractivity contribution is 7.99. The van der Waals surface area contributed by atoms with Crippen LogP contribution in [0.2, 0.25) is 0 Å². The van der Waals surface area contributed by atoms with Crippen molar-refractivity contribution in [2.24, 2.45) is 0 Å². The van der Waals surface area contributed by atoms with Crippen LogP contribution in [0.3, 0.4) is 0 Å². The molecule has 0 saturated heterocycles. The molecule has 0 radical (unpaired) electrons. The van der Waals surface area contributed by atoms with Crippen molar-refractivity contribution in [3.8, 4) is 11.1 Å². The molecule has 2 aromatic heterocycles. The third-order valence-corrected chi connectivity index (χ3v) is 6.55. The number of rotatable bonds is 8. The Morgan fingerprint density at radius 2 is 1.84 bits per heavy atom. The molecule has 1 N–H and O–H groups in total. The molecule has 5 nitrogen and oxygen atoms in total. The van der Waals surface area contributed by atoms with Crippen molar-refractivity contribution in [1.29, 1.82) is 0 Å². The molecule has 0 spiro atoms. The largest absolute Gasteiger partial charge is 0.352 e. The van der Waals surface area contributed by atoms with Crippen molar-refractivity contribution in [2.45, 2.75) is 11.7 Å². The van der Waals surface area contributed by atoms with Crippen LogP contribution >= 0.6 is 23.1 Å². The lowest BCUT2D eigenvalue weighted by atomic mass is 10.1. The summed E-state index contributed by atoms with van der Waals surface area (Å²) in [5, 5.41) is 5.89. The molecule has 156 valence electrons. The van der Waals surface area contributed by atoms with Crippen molar-refractivity contribution in [2.75, 3.05) is 12.3 Å². The number of hydrogen-bond donors (Lipinski definition) is 1. The van der Waals surface area contributed by atoms with Crippen LogP contribution in [0.5, 0.6) is 0 Å². The minimum absolute atomic E-state index is 0.0945. The van der Waals surface area contributed by atoms with E-state index in [2.05, 4.69) is 11.9 Å². The molecule has 2 heterocycles. The van der Waals surface area contributed by atoms with Gasteiger partial charge in [-0.3, -0.25) is 14.2 Å². The highest BCUT2D eigenvalue weighted by Gasteiger charge is 2.18. The van der Waals surface area contributed by atoms with Gasteiger partial charge in [0.2, 0.25) is 5.91 Å². The van der Waals surface area contributed by atoms with E-state index < -0.39 is 0 Å². The fourth-order valence-electron chi connectivity index (χ4n) is 3.22. The quantitative estimate of drug-likeness (QED) is 0.244. The maximum atomic E-state index is 13.6. The van der Waals surface area contributed by atoms with Gasteiger partial charge >= 0.3 is 0 Å². The number of benzene rings is 2. The average Bonchev–Trinajstić information content (AvgIpc) is 3.24. The first-order valence-electron chi connectivity index (χ1n) is 9.79. The normalized spacial score (nSPS) is 10.8. The average molecular weight is 448 g/mol. The van der Waals surface area contributed by atoms with Gasteiger partial charge < -0.3 is 5.32 Å². The molecule has 31 heavy (non-hydrogen) atoms. The highest BCUT2D eigenvalue weighted by Crippen LogP contribution is 2.32. The molecule has 7 heteroatoms. The smallest absolute Gasteiger partial charge is 0.263 e. The summed E-state index contributed by atoms with van der Waals surface area (Å²) in [4.78, 5) is 31.2. The second-order valence-corrected chi connectivity index (χ2v) is 8.65. The van der Waals surface area contributed by atoms with Crippen LogP contribution in [0.1, 0.15) is 5.56 Å². The number of thiophene rings is 1. The van der Waals surface area contributed by atoms with Gasteiger partial charge in [-0.05, 0) is 11.1 Å². The number of nitrogens with one attached hydrogen (secondary N) is 1. The van der Waals surface area contributed by atoms with Crippen molar-refractivity contribution in [3.05, 3.63) is 94.6 Å². The van der Waals surface area contributed by atoms with Gasteiger partial charge in [-0.2, -0.15) is 0 Å². The minimum Gasteiger partial charge on any atom is -0.352 e. The molecule has 0 saturated carbocycles. The first-order valence-corrected chi connectivity index (χ1v) is 11.7. The maximum Gasteiger partial charge on any atom is 0.263 e. The molecule has 0 aliphatic heterocycles. The Morgan fingerprint density at radius 3 is 2.55 bits per heavy atom. The molecule has 4 aromatic rings. The maximum absolute atomic E-state index is 13.6. The van der Waals surface area contributed by atoms with Crippen LogP contribution in [-0.2, 0) is 11.3 Å². The van der Waals surface area contributed by atoms with Crippen LogP contribution in [-0.4, -0.2) is 27.8 Å². The first kappa shape index (κ1) is 21.1. The summed E-state index contributed by atoms with van der Waals surface area (Å²) in [6, 6.07) is 19.7. The molecule has 0 aliphatic carbocycles. The summed E-state index contributed by atoms with van der Waals surface area (Å²) in [6.07, 6.45) is 1.63. The predicted molar refractivity (Wildman–Crippen MR) is 129 cm³/mol. The summed E-state index contributed by atoms with van der Waals surface area (Å²) >= 11 is 2.72. The van der Waals surface area contributed by atoms with E-state index in [1.54, 1.807) is 10.6 Å². The third kappa shape index (κ3) is 4.78. The van der Waals surface area contributed by atoms with E-state index in [4.69, 9.17) is 4.98 Å². The zero-order chi connectivity index (χ0) is 21.6. The van der Waals surface area contributed by atoms with Crippen LogP contribution in [0.15, 0.2) is 88.6 Å². The molecule has 4 rings (SSSR count). The number of nitrogens with zero attached hydrogens (tertiary/aromatic N) is 2. The lowest BCUT2D eigenvalue weighted by molar-refractivity contribution is -0.118. The van der Waals surface area contributed by atoms with Gasteiger partial charge in [0.1, 0.15) is 4.83 Å². The number of carbonyl (C=O) groups is 1. The zero-order valence-electron chi connectivity index (χ0n) is 16.8. The highest BCUT2D eigenvalue weighted by atomic mass is 32.2. The molecule has 1 amide bonds. The lowest BCUT2D eigenvalue weighted by Gasteiger charge is -2.13. The minimum atomic E-state index is -0.123. The van der Waals surface area contributed by atoms with Gasteiger partial charge in [0, 0.05) is 17.5 Å². The van der Waals surface area contributed by atoms with Gasteiger partial charge in [0.05, 0.1) is 17.7 Å². The standard InChI is InChI=1S/C24H21N3O2S2/c1-2-13-25-20(28)16-31-24-26-22-21(19(15-30-22)18-11-7-4-8-12-18)23(29)27(24)14-17-9-5-3-6-10-17/h2-12,15H,1,13-14,16H2,(H,25,28). The fourth-order valence-corrected chi connectivity index (χ4v) is 5.04. The number of aromatic nitrogens is 2. The van der Waals surface area contributed by atoms with Gasteiger partial charge in [-0.25, -0.2) is 4.98 Å². The second-order valence-electron chi connectivity index (χ2n) is 6.85. The topological polar surface area (TPSA) is 64.0 Å². The Balaban J connectivity index is 1.78. The SMILES string of the molecule is C=CCNC(=O)CSc1nc2scc(-c3ccccc3)c2c(=O)n1Cc1ccccc1. The second kappa shape index (κ2) is 9.76. The molecule has 0 fully saturated rings. The van der Waals surface area contributed by atoms with Gasteiger partial charge in [0.15, 0.2) is 5.16 Å². The van der Waals surface area contributed by atoms with Gasteiger partial charge in [0.25, 0.3) is 5.56 Å². The van der Waals surface area contributed by atoms with Crippen LogP contribution in [0.4, 0.5) is 0 Å². The summed E-state index contributed by atoms with van der Waals surface area (Å²) in [7, 11) is 0. The molecular formula is C24H21N3O2S2. The monoisotopic (exact) mass is 447 g/mol. The van der Waals surface area contributed by atoms with E-state index in [9.17, 15) is 9.59 Å². The Bertz CT molecular complexity index is 1260. The summed E-state index contributed by atoms with van der Waals surface area (Å²) in [5.41, 5.74) is 2.78. The molecule has 0 atom stereocenters. The Labute approximate surface area is 188 Å². The van der Waals surface area contributed by atoms with E-state index in [-0.39, 0.29) is 17.2 Å². The zero-order valence-corrected chi connectivity index (χ0v) is 18.4. The number of fused-ring (bicyclic) bond motifs is 1. The summed E-state index contributed by atoms with van der Waals surface area (Å²) < 4.78 is 1.67. The number of hydrogen-bond acceptors (Lipinski definition) is 5. The van der Waals surface area contributed by atoms with Crippen LogP contribution in [0, 0.1) is 0 Å². The summed E-state index contributed by atoms with van der Waals surface area (Å²) in [5.74, 6) is 0.0546. The third-order valence-electron chi connectivity index (χ3n) is 4.70.